The van der Waals surface area contributed by atoms with E-state index in [1.54, 1.807) is 42.1 Å². The largest absolute Gasteiger partial charge is 0.495 e. The summed E-state index contributed by atoms with van der Waals surface area (Å²) in [5.41, 5.74) is 2.19. The van der Waals surface area contributed by atoms with Crippen molar-refractivity contribution in [3.8, 4) is 5.75 Å². The minimum Gasteiger partial charge on any atom is -0.495 e. The monoisotopic (exact) mass is 516 g/mol. The lowest BCUT2D eigenvalue weighted by Gasteiger charge is -2.32. The number of anilines is 2. The molecule has 0 saturated carbocycles. The number of amides is 2. The van der Waals surface area contributed by atoms with Crippen LogP contribution >= 0.6 is 11.3 Å². The molecule has 3 aromatic rings. The molecule has 1 unspecified atom stereocenters. The average Bonchev–Trinajstić information content (AvgIpc) is 3.40. The molecule has 1 fully saturated rings. The molecule has 1 aliphatic heterocycles. The second-order valence-electron chi connectivity index (χ2n) is 7.54. The molecule has 2 amide bonds. The number of benzene rings is 2. The summed E-state index contributed by atoms with van der Waals surface area (Å²) < 4.78 is 39.3. The topological polar surface area (TPSA) is 126 Å². The molecule has 0 spiro atoms. The predicted octanol–water partition coefficient (Wildman–Crippen LogP) is 2.56. The maximum Gasteiger partial charge on any atom is 0.304 e. The minimum atomic E-state index is -4.09. The van der Waals surface area contributed by atoms with Gasteiger partial charge in [-0.25, -0.2) is 4.72 Å². The number of para-hydroxylation sites is 2. The van der Waals surface area contributed by atoms with Gasteiger partial charge in [0.05, 0.1) is 31.5 Å². The van der Waals surface area contributed by atoms with E-state index in [1.807, 2.05) is 29.0 Å². The van der Waals surface area contributed by atoms with Gasteiger partial charge in [-0.05, 0) is 47.8 Å². The number of carbonyl (C=O) groups is 2. The van der Waals surface area contributed by atoms with Crippen molar-refractivity contribution in [2.75, 3.05) is 32.1 Å². The maximum absolute atomic E-state index is 12.7. The minimum absolute atomic E-state index is 0.0575. The summed E-state index contributed by atoms with van der Waals surface area (Å²) in [6.07, 6.45) is -0.865. The third kappa shape index (κ3) is 6.17. The Morgan fingerprint density at radius 1 is 1.06 bits per heavy atom. The number of morpholine rings is 1. The van der Waals surface area contributed by atoms with Gasteiger partial charge in [-0.1, -0.05) is 12.1 Å². The Balaban J connectivity index is 1.35. The van der Waals surface area contributed by atoms with E-state index in [2.05, 4.69) is 10.6 Å². The van der Waals surface area contributed by atoms with Crippen LogP contribution in [-0.4, -0.2) is 57.6 Å². The van der Waals surface area contributed by atoms with Crippen LogP contribution in [0.1, 0.15) is 20.7 Å². The molecule has 1 saturated heterocycles. The lowest BCUT2D eigenvalue weighted by atomic mass is 10.2. The molecule has 1 aliphatic rings. The van der Waals surface area contributed by atoms with Gasteiger partial charge in [-0.3, -0.25) is 9.59 Å². The van der Waals surface area contributed by atoms with Crippen molar-refractivity contribution < 1.29 is 27.5 Å². The Morgan fingerprint density at radius 3 is 2.54 bits per heavy atom. The van der Waals surface area contributed by atoms with E-state index >= 15 is 0 Å². The molecule has 35 heavy (non-hydrogen) atoms. The summed E-state index contributed by atoms with van der Waals surface area (Å²) in [6, 6.07) is 15.8. The third-order valence-electron chi connectivity index (χ3n) is 5.20. The lowest BCUT2D eigenvalue weighted by Crippen LogP contribution is -2.55. The Labute approximate surface area is 207 Å². The van der Waals surface area contributed by atoms with Crippen LogP contribution in [0.15, 0.2) is 65.4 Å². The number of hydrogen-bond donors (Lipinski definition) is 3. The molecule has 1 aromatic heterocycles. The summed E-state index contributed by atoms with van der Waals surface area (Å²) in [5.74, 6) is -0.435. The van der Waals surface area contributed by atoms with Crippen LogP contribution in [0.25, 0.3) is 0 Å². The lowest BCUT2D eigenvalue weighted by molar-refractivity contribution is -0.0175. The predicted molar refractivity (Wildman–Crippen MR) is 132 cm³/mol. The van der Waals surface area contributed by atoms with E-state index in [0.717, 1.165) is 15.7 Å². The number of nitrogens with one attached hydrogen (secondary N) is 3. The number of rotatable bonds is 8. The molecule has 3 N–H and O–H groups in total. The van der Waals surface area contributed by atoms with E-state index in [0.29, 0.717) is 11.3 Å². The quantitative estimate of drug-likeness (QED) is 0.420. The van der Waals surface area contributed by atoms with Crippen molar-refractivity contribution in [1.82, 2.24) is 14.3 Å². The van der Waals surface area contributed by atoms with Gasteiger partial charge in [-0.15, -0.1) is 0 Å². The van der Waals surface area contributed by atoms with E-state index < -0.39 is 28.3 Å². The first-order valence-electron chi connectivity index (χ1n) is 10.6. The number of methoxy groups -OCH3 is 1. The third-order valence-corrected chi connectivity index (χ3v) is 7.34. The highest BCUT2D eigenvalue weighted by atomic mass is 32.2. The maximum atomic E-state index is 12.7. The summed E-state index contributed by atoms with van der Waals surface area (Å²) in [4.78, 5) is 24.9. The number of nitrogens with zero attached hydrogens (tertiary/aromatic N) is 1. The number of hydrogen-bond acceptors (Lipinski definition) is 8. The summed E-state index contributed by atoms with van der Waals surface area (Å²) >= 11 is 1.29. The van der Waals surface area contributed by atoms with Crippen molar-refractivity contribution >= 4 is 44.7 Å². The van der Waals surface area contributed by atoms with Gasteiger partial charge in [0.2, 0.25) is 0 Å². The first kappa shape index (κ1) is 24.7. The van der Waals surface area contributed by atoms with Crippen LogP contribution in [0.4, 0.5) is 11.4 Å². The van der Waals surface area contributed by atoms with Crippen LogP contribution in [-0.2, 0) is 14.9 Å². The highest BCUT2D eigenvalue weighted by Gasteiger charge is 2.32. The highest BCUT2D eigenvalue weighted by molar-refractivity contribution is 7.87. The van der Waals surface area contributed by atoms with Crippen molar-refractivity contribution in [1.29, 1.82) is 0 Å². The summed E-state index contributed by atoms with van der Waals surface area (Å²) in [6.45, 7) is -0.00632. The van der Waals surface area contributed by atoms with Gasteiger partial charge in [0.25, 0.3) is 11.8 Å². The van der Waals surface area contributed by atoms with E-state index in [9.17, 15) is 18.0 Å². The second-order valence-corrected chi connectivity index (χ2v) is 9.99. The standard InChI is InChI=1S/C23H24N4O6S2/c1-32-20-5-3-2-4-19(20)24-18-8-6-16(7-9-18)22(28)25-21-14-27(11-12-33-21)35(30,31)26-23(29)17-10-13-34-15-17/h2-10,13,15,21,24H,11-12,14H2,1H3,(H,25,28)(H,26,29). The van der Waals surface area contributed by atoms with Gasteiger partial charge in [-0.2, -0.15) is 24.1 Å². The molecular weight excluding hydrogens is 492 g/mol. The first-order valence-corrected chi connectivity index (χ1v) is 13.0. The van der Waals surface area contributed by atoms with Crippen LogP contribution in [0, 0.1) is 0 Å². The SMILES string of the molecule is COc1ccccc1Nc1ccc(C(=O)NC2CN(S(=O)(=O)NC(=O)c3ccsc3)CCO2)cc1. The van der Waals surface area contributed by atoms with Crippen molar-refractivity contribution in [2.24, 2.45) is 0 Å². The zero-order valence-corrected chi connectivity index (χ0v) is 20.4. The number of carbonyl (C=O) groups excluding carboxylic acids is 2. The zero-order chi connectivity index (χ0) is 24.8. The van der Waals surface area contributed by atoms with Crippen LogP contribution < -0.4 is 20.1 Å². The van der Waals surface area contributed by atoms with E-state index in [-0.39, 0.29) is 25.3 Å². The molecule has 184 valence electrons. The number of ether oxygens (including phenoxy) is 2. The van der Waals surface area contributed by atoms with Crippen molar-refractivity contribution in [3.05, 3.63) is 76.5 Å². The fraction of sp³-hybridized carbons (Fsp3) is 0.217. The summed E-state index contributed by atoms with van der Waals surface area (Å²) in [5, 5.41) is 9.16. The molecule has 0 radical (unpaired) electrons. The zero-order valence-electron chi connectivity index (χ0n) is 18.8. The fourth-order valence-electron chi connectivity index (χ4n) is 3.40. The van der Waals surface area contributed by atoms with Crippen LogP contribution in [0.2, 0.25) is 0 Å². The first-order chi connectivity index (χ1) is 16.9. The molecule has 1 atom stereocenters. The molecule has 2 heterocycles. The smallest absolute Gasteiger partial charge is 0.304 e. The Bertz CT molecular complexity index is 1280. The number of thiophene rings is 1. The van der Waals surface area contributed by atoms with Crippen LogP contribution in [0.3, 0.4) is 0 Å². The summed E-state index contributed by atoms with van der Waals surface area (Å²) in [7, 11) is -2.51. The molecule has 0 aliphatic carbocycles. The molecule has 10 nitrogen and oxygen atoms in total. The Morgan fingerprint density at radius 2 is 1.83 bits per heavy atom. The average molecular weight is 517 g/mol. The Hall–Kier alpha value is -3.45. The molecule has 4 rings (SSSR count). The normalized spacial score (nSPS) is 16.3. The van der Waals surface area contributed by atoms with Gasteiger partial charge in [0.15, 0.2) is 0 Å². The molecule has 0 bridgehead atoms. The van der Waals surface area contributed by atoms with Gasteiger partial charge >= 0.3 is 10.2 Å². The van der Waals surface area contributed by atoms with Gasteiger partial charge in [0.1, 0.15) is 12.0 Å². The Kier molecular flexibility index (Phi) is 7.66. The highest BCUT2D eigenvalue weighted by Crippen LogP contribution is 2.27. The van der Waals surface area contributed by atoms with Gasteiger partial charge < -0.3 is 20.1 Å². The van der Waals surface area contributed by atoms with E-state index in [1.165, 1.54) is 17.4 Å². The van der Waals surface area contributed by atoms with Crippen LogP contribution in [0.5, 0.6) is 5.75 Å². The van der Waals surface area contributed by atoms with Crippen molar-refractivity contribution in [2.45, 2.75) is 6.23 Å². The second kappa shape index (κ2) is 10.9. The molecular formula is C23H24N4O6S2. The van der Waals surface area contributed by atoms with Gasteiger partial charge in [0, 0.05) is 23.2 Å². The fourth-order valence-corrected chi connectivity index (χ4v) is 5.17. The van der Waals surface area contributed by atoms with E-state index in [4.69, 9.17) is 9.47 Å². The molecule has 2 aromatic carbocycles. The molecule has 12 heteroatoms. The van der Waals surface area contributed by atoms with Crippen molar-refractivity contribution in [3.63, 3.8) is 0 Å².